The second kappa shape index (κ2) is 8.20. The standard InChI is InChI=1S/C24H19N7O3S/c1-12-9-26-17(11-25-12)22(33)19-5-4-18(35-19)16-8-20(28-15-2-3-15)31-23(29-16)14(10-27-31)6-13-7-21(32)30-24(13)34/h4-6,8-11,15,28H,2-3,7H2,1H3,(H,30,32,34)/b13-6+. The van der Waals surface area contributed by atoms with E-state index in [0.29, 0.717) is 33.4 Å². The SMILES string of the molecule is Cc1cnc(C(=O)c2ccc(-c3cc(NC4CC4)n4ncc(/C=C5\CC(=O)NC5=O)c4n3)s2)cn1. The molecule has 0 unspecified atom stereocenters. The summed E-state index contributed by atoms with van der Waals surface area (Å²) in [5.74, 6) is -0.147. The highest BCUT2D eigenvalue weighted by molar-refractivity contribution is 7.17. The quantitative estimate of drug-likeness (QED) is 0.242. The van der Waals surface area contributed by atoms with Crippen LogP contribution in [-0.2, 0) is 9.59 Å². The van der Waals surface area contributed by atoms with E-state index < -0.39 is 5.91 Å². The van der Waals surface area contributed by atoms with E-state index >= 15 is 0 Å². The molecular weight excluding hydrogens is 466 g/mol. The minimum absolute atomic E-state index is 0.0291. The summed E-state index contributed by atoms with van der Waals surface area (Å²) >= 11 is 1.33. The van der Waals surface area contributed by atoms with Crippen LogP contribution in [0.25, 0.3) is 22.3 Å². The summed E-state index contributed by atoms with van der Waals surface area (Å²) in [7, 11) is 0. The predicted octanol–water partition coefficient (Wildman–Crippen LogP) is 2.79. The van der Waals surface area contributed by atoms with Gasteiger partial charge in [0.05, 0.1) is 40.0 Å². The van der Waals surface area contributed by atoms with Gasteiger partial charge in [-0.05, 0) is 38.0 Å². The first-order valence-corrected chi connectivity index (χ1v) is 11.9. The highest BCUT2D eigenvalue weighted by atomic mass is 32.1. The first-order valence-electron chi connectivity index (χ1n) is 11.1. The molecule has 11 heteroatoms. The molecule has 1 aliphatic carbocycles. The molecule has 2 amide bonds. The number of hydrogen-bond donors (Lipinski definition) is 2. The van der Waals surface area contributed by atoms with Crippen molar-refractivity contribution < 1.29 is 14.4 Å². The second-order valence-electron chi connectivity index (χ2n) is 8.54. The van der Waals surface area contributed by atoms with Gasteiger partial charge in [0, 0.05) is 29.4 Å². The highest BCUT2D eigenvalue weighted by Crippen LogP contribution is 2.33. The molecule has 6 rings (SSSR count). The van der Waals surface area contributed by atoms with Crippen molar-refractivity contribution in [2.24, 2.45) is 0 Å². The maximum Gasteiger partial charge on any atom is 0.254 e. The Morgan fingerprint density at radius 3 is 2.77 bits per heavy atom. The van der Waals surface area contributed by atoms with E-state index in [-0.39, 0.29) is 23.8 Å². The summed E-state index contributed by atoms with van der Waals surface area (Å²) in [5, 5.41) is 10.2. The number of imide groups is 1. The summed E-state index contributed by atoms with van der Waals surface area (Å²) in [5.41, 5.74) is 3.26. The average Bonchev–Trinajstić information content (AvgIpc) is 3.23. The summed E-state index contributed by atoms with van der Waals surface area (Å²) in [4.78, 5) is 51.0. The topological polar surface area (TPSA) is 131 Å². The van der Waals surface area contributed by atoms with Crippen molar-refractivity contribution in [2.45, 2.75) is 32.2 Å². The van der Waals surface area contributed by atoms with E-state index in [4.69, 9.17) is 4.98 Å². The third kappa shape index (κ3) is 4.10. The third-order valence-corrected chi connectivity index (χ3v) is 6.86. The number of thiophene rings is 1. The summed E-state index contributed by atoms with van der Waals surface area (Å²) < 4.78 is 1.70. The highest BCUT2D eigenvalue weighted by Gasteiger charge is 2.26. The van der Waals surface area contributed by atoms with Crippen LogP contribution in [0.2, 0.25) is 0 Å². The van der Waals surface area contributed by atoms with Crippen LogP contribution in [0.3, 0.4) is 0 Å². The van der Waals surface area contributed by atoms with Crippen LogP contribution in [0.5, 0.6) is 0 Å². The average molecular weight is 486 g/mol. The van der Waals surface area contributed by atoms with Crippen molar-refractivity contribution in [3.8, 4) is 10.6 Å². The zero-order valence-electron chi connectivity index (χ0n) is 18.6. The molecule has 35 heavy (non-hydrogen) atoms. The number of aromatic nitrogens is 5. The molecule has 4 aromatic heterocycles. The van der Waals surface area contributed by atoms with E-state index in [9.17, 15) is 14.4 Å². The van der Waals surface area contributed by atoms with Crippen LogP contribution in [-0.4, -0.2) is 48.2 Å². The third-order valence-electron chi connectivity index (χ3n) is 5.75. The van der Waals surface area contributed by atoms with Gasteiger partial charge in [-0.25, -0.2) is 9.97 Å². The van der Waals surface area contributed by atoms with Crippen LogP contribution >= 0.6 is 11.3 Å². The summed E-state index contributed by atoms with van der Waals surface area (Å²) in [6.07, 6.45) is 8.52. The van der Waals surface area contributed by atoms with E-state index in [1.807, 2.05) is 19.1 Å². The zero-order chi connectivity index (χ0) is 24.1. The number of nitrogens with one attached hydrogen (secondary N) is 2. The van der Waals surface area contributed by atoms with Gasteiger partial charge in [-0.3, -0.25) is 24.7 Å². The van der Waals surface area contributed by atoms with Crippen LogP contribution in [0.15, 0.2) is 42.4 Å². The number of fused-ring (bicyclic) bond motifs is 1. The second-order valence-corrected chi connectivity index (χ2v) is 9.62. The molecule has 1 saturated carbocycles. The maximum absolute atomic E-state index is 12.9. The molecule has 1 aliphatic heterocycles. The molecule has 2 aliphatic rings. The van der Waals surface area contributed by atoms with Gasteiger partial charge >= 0.3 is 0 Å². The van der Waals surface area contributed by atoms with E-state index in [1.165, 1.54) is 17.5 Å². The monoisotopic (exact) mass is 485 g/mol. The first-order chi connectivity index (χ1) is 16.9. The van der Waals surface area contributed by atoms with Crippen molar-refractivity contribution in [3.63, 3.8) is 0 Å². The Labute approximate surface area is 203 Å². The summed E-state index contributed by atoms with van der Waals surface area (Å²) in [6.45, 7) is 1.82. The lowest BCUT2D eigenvalue weighted by atomic mass is 10.1. The lowest BCUT2D eigenvalue weighted by molar-refractivity contribution is -0.124. The molecule has 10 nitrogen and oxygen atoms in total. The fraction of sp³-hybridized carbons (Fsp3) is 0.208. The Morgan fingerprint density at radius 1 is 1.20 bits per heavy atom. The minimum Gasteiger partial charge on any atom is -0.367 e. The van der Waals surface area contributed by atoms with Crippen LogP contribution in [0.4, 0.5) is 5.82 Å². The zero-order valence-corrected chi connectivity index (χ0v) is 19.4. The van der Waals surface area contributed by atoms with Gasteiger partial charge in [0.15, 0.2) is 5.65 Å². The van der Waals surface area contributed by atoms with Crippen molar-refractivity contribution in [1.29, 1.82) is 0 Å². The first kappa shape index (κ1) is 21.3. The lowest BCUT2D eigenvalue weighted by Crippen LogP contribution is -2.19. The van der Waals surface area contributed by atoms with E-state index in [1.54, 1.807) is 29.1 Å². The van der Waals surface area contributed by atoms with Crippen molar-refractivity contribution in [2.75, 3.05) is 5.32 Å². The van der Waals surface area contributed by atoms with Gasteiger partial charge in [0.25, 0.3) is 5.91 Å². The Morgan fingerprint density at radius 2 is 2.06 bits per heavy atom. The normalized spacial score (nSPS) is 16.8. The largest absolute Gasteiger partial charge is 0.367 e. The Balaban J connectivity index is 1.40. The van der Waals surface area contributed by atoms with Gasteiger partial charge in [0.1, 0.15) is 11.5 Å². The molecule has 0 spiro atoms. The molecule has 5 heterocycles. The smallest absolute Gasteiger partial charge is 0.254 e. The van der Waals surface area contributed by atoms with Gasteiger partial charge in [-0.15, -0.1) is 11.3 Å². The molecular formula is C24H19N7O3S. The molecule has 0 atom stereocenters. The molecule has 174 valence electrons. The van der Waals surface area contributed by atoms with E-state index in [2.05, 4.69) is 25.7 Å². The van der Waals surface area contributed by atoms with Crippen LogP contribution < -0.4 is 10.6 Å². The van der Waals surface area contributed by atoms with Crippen LogP contribution in [0, 0.1) is 6.92 Å². The van der Waals surface area contributed by atoms with Gasteiger partial charge < -0.3 is 5.32 Å². The fourth-order valence-electron chi connectivity index (χ4n) is 3.79. The van der Waals surface area contributed by atoms with Gasteiger partial charge in [-0.1, -0.05) is 0 Å². The van der Waals surface area contributed by atoms with Crippen molar-refractivity contribution in [3.05, 3.63) is 64.2 Å². The number of anilines is 1. The molecule has 0 radical (unpaired) electrons. The minimum atomic E-state index is -0.401. The number of rotatable bonds is 6. The molecule has 2 fully saturated rings. The number of carbonyl (C=O) groups is 3. The van der Waals surface area contributed by atoms with Crippen molar-refractivity contribution in [1.82, 2.24) is 29.9 Å². The molecule has 0 aromatic carbocycles. The molecule has 2 N–H and O–H groups in total. The summed E-state index contributed by atoms with van der Waals surface area (Å²) in [6, 6.07) is 5.90. The van der Waals surface area contributed by atoms with Gasteiger partial charge in [-0.2, -0.15) is 9.61 Å². The predicted molar refractivity (Wildman–Crippen MR) is 129 cm³/mol. The maximum atomic E-state index is 12.9. The van der Waals surface area contributed by atoms with E-state index in [0.717, 1.165) is 29.2 Å². The molecule has 4 aromatic rings. The lowest BCUT2D eigenvalue weighted by Gasteiger charge is -2.09. The number of ketones is 1. The molecule has 0 bridgehead atoms. The van der Waals surface area contributed by atoms with Gasteiger partial charge in [0.2, 0.25) is 11.7 Å². The Kier molecular flexibility index (Phi) is 4.99. The number of nitrogens with zero attached hydrogens (tertiary/aromatic N) is 5. The van der Waals surface area contributed by atoms with Crippen molar-refractivity contribution >= 4 is 46.5 Å². The Bertz CT molecular complexity index is 1550. The number of carbonyl (C=O) groups excluding carboxylic acids is 3. The Hall–Kier alpha value is -4.25. The number of amides is 2. The van der Waals surface area contributed by atoms with Crippen LogP contribution in [0.1, 0.15) is 45.9 Å². The number of aryl methyl sites for hydroxylation is 1. The fourth-order valence-corrected chi connectivity index (χ4v) is 4.71. The number of hydrogen-bond acceptors (Lipinski definition) is 9. The molecule has 1 saturated heterocycles.